The minimum atomic E-state index is 0.752. The highest BCUT2D eigenvalue weighted by molar-refractivity contribution is 9.10. The molecular weight excluding hydrogens is 244 g/mol. The zero-order chi connectivity index (χ0) is 9.97. The van der Waals surface area contributed by atoms with Gasteiger partial charge in [-0.2, -0.15) is 0 Å². The summed E-state index contributed by atoms with van der Waals surface area (Å²) in [5, 5.41) is 3.19. The second kappa shape index (κ2) is 4.23. The minimum absolute atomic E-state index is 0.752. The Labute approximate surface area is 91.9 Å². The summed E-state index contributed by atoms with van der Waals surface area (Å²) in [5.41, 5.74) is 0. The molecule has 1 aromatic heterocycles. The van der Waals surface area contributed by atoms with Gasteiger partial charge in [0.05, 0.1) is 4.47 Å². The van der Waals surface area contributed by atoms with Gasteiger partial charge < -0.3 is 10.2 Å². The Balaban J connectivity index is 1.96. The smallest absolute Gasteiger partial charge is 0.146 e. The monoisotopic (exact) mass is 256 g/mol. The molecule has 14 heavy (non-hydrogen) atoms. The van der Waals surface area contributed by atoms with Crippen molar-refractivity contribution < 1.29 is 0 Å². The molecule has 1 aromatic rings. The molecule has 0 unspecified atom stereocenters. The van der Waals surface area contributed by atoms with Crippen molar-refractivity contribution in [1.29, 1.82) is 0 Å². The molecule has 5 heteroatoms. The average molecular weight is 257 g/mol. The van der Waals surface area contributed by atoms with Crippen LogP contribution in [0.15, 0.2) is 17.0 Å². The Hall–Kier alpha value is -0.680. The molecule has 4 nitrogen and oxygen atoms in total. The van der Waals surface area contributed by atoms with E-state index in [1.54, 1.807) is 12.5 Å². The number of hydrogen-bond donors (Lipinski definition) is 1. The minimum Gasteiger partial charge on any atom is -0.355 e. The SMILES string of the molecule is CNCC1CN(c2ncncc2Br)C1. The zero-order valence-corrected chi connectivity index (χ0v) is 9.66. The van der Waals surface area contributed by atoms with E-state index in [9.17, 15) is 0 Å². The molecule has 1 aliphatic rings. The van der Waals surface area contributed by atoms with Crippen LogP contribution in [0.4, 0.5) is 5.82 Å². The molecule has 0 radical (unpaired) electrons. The van der Waals surface area contributed by atoms with E-state index < -0.39 is 0 Å². The molecule has 0 saturated carbocycles. The first kappa shape index (κ1) is 9.86. The number of rotatable bonds is 3. The Kier molecular flexibility index (Phi) is 2.98. The molecule has 2 rings (SSSR count). The average Bonchev–Trinajstić information content (AvgIpc) is 2.12. The number of halogens is 1. The standard InChI is InChI=1S/C9H13BrN4/c1-11-2-7-4-14(5-7)9-8(10)3-12-6-13-9/h3,6-7,11H,2,4-5H2,1H3. The lowest BCUT2D eigenvalue weighted by atomic mass is 10.0. The van der Waals surface area contributed by atoms with Crippen molar-refractivity contribution >= 4 is 21.7 Å². The Morgan fingerprint density at radius 2 is 2.43 bits per heavy atom. The zero-order valence-electron chi connectivity index (χ0n) is 8.07. The second-order valence-electron chi connectivity index (χ2n) is 3.52. The number of aromatic nitrogens is 2. The maximum atomic E-state index is 4.24. The fraction of sp³-hybridized carbons (Fsp3) is 0.556. The van der Waals surface area contributed by atoms with Crippen LogP contribution in [0.25, 0.3) is 0 Å². The van der Waals surface area contributed by atoms with Gasteiger partial charge in [0.15, 0.2) is 0 Å². The molecule has 76 valence electrons. The van der Waals surface area contributed by atoms with Crippen molar-refractivity contribution in [3.8, 4) is 0 Å². The maximum Gasteiger partial charge on any atom is 0.146 e. The van der Waals surface area contributed by atoms with Gasteiger partial charge in [-0.3, -0.25) is 0 Å². The normalized spacial score (nSPS) is 16.9. The van der Waals surface area contributed by atoms with Crippen molar-refractivity contribution in [3.63, 3.8) is 0 Å². The molecular formula is C9H13BrN4. The molecule has 0 atom stereocenters. The Bertz CT molecular complexity index is 311. The number of nitrogens with one attached hydrogen (secondary N) is 1. The van der Waals surface area contributed by atoms with Crippen LogP contribution in [0.5, 0.6) is 0 Å². The quantitative estimate of drug-likeness (QED) is 0.873. The van der Waals surface area contributed by atoms with E-state index in [0.29, 0.717) is 0 Å². The highest BCUT2D eigenvalue weighted by Crippen LogP contribution is 2.28. The Morgan fingerprint density at radius 3 is 3.07 bits per heavy atom. The van der Waals surface area contributed by atoms with Crippen LogP contribution in [0, 0.1) is 5.92 Å². The van der Waals surface area contributed by atoms with Crippen LogP contribution in [0.2, 0.25) is 0 Å². The first-order valence-electron chi connectivity index (χ1n) is 4.66. The van der Waals surface area contributed by atoms with E-state index in [1.807, 2.05) is 7.05 Å². The number of nitrogens with zero attached hydrogens (tertiary/aromatic N) is 3. The van der Waals surface area contributed by atoms with E-state index in [2.05, 4.69) is 36.1 Å². The fourth-order valence-electron chi connectivity index (χ4n) is 1.70. The summed E-state index contributed by atoms with van der Waals surface area (Å²) in [6.45, 7) is 3.24. The van der Waals surface area contributed by atoms with Crippen LogP contribution < -0.4 is 10.2 Å². The lowest BCUT2D eigenvalue weighted by molar-refractivity contribution is 0.393. The van der Waals surface area contributed by atoms with Crippen LogP contribution in [0.1, 0.15) is 0 Å². The van der Waals surface area contributed by atoms with Crippen molar-refractivity contribution in [2.24, 2.45) is 5.92 Å². The lowest BCUT2D eigenvalue weighted by Crippen LogP contribution is -2.50. The van der Waals surface area contributed by atoms with Crippen LogP contribution in [-0.2, 0) is 0 Å². The summed E-state index contributed by atoms with van der Waals surface area (Å²) in [6.07, 6.45) is 3.37. The summed E-state index contributed by atoms with van der Waals surface area (Å²) in [4.78, 5) is 10.4. The van der Waals surface area contributed by atoms with Crippen molar-refractivity contribution in [1.82, 2.24) is 15.3 Å². The second-order valence-corrected chi connectivity index (χ2v) is 4.38. The van der Waals surface area contributed by atoms with Crippen LogP contribution >= 0.6 is 15.9 Å². The third-order valence-electron chi connectivity index (χ3n) is 2.40. The third kappa shape index (κ3) is 1.88. The van der Waals surface area contributed by atoms with Gasteiger partial charge >= 0.3 is 0 Å². The lowest BCUT2D eigenvalue weighted by Gasteiger charge is -2.40. The van der Waals surface area contributed by atoms with Crippen molar-refractivity contribution in [2.75, 3.05) is 31.6 Å². The first-order valence-corrected chi connectivity index (χ1v) is 5.45. The molecule has 2 heterocycles. The van der Waals surface area contributed by atoms with Gasteiger partial charge in [-0.25, -0.2) is 9.97 Å². The summed E-state index contributed by atoms with van der Waals surface area (Å²) in [7, 11) is 1.99. The summed E-state index contributed by atoms with van der Waals surface area (Å²) in [6, 6.07) is 0. The van der Waals surface area contributed by atoms with Gasteiger partial charge in [0.25, 0.3) is 0 Å². The number of hydrogen-bond acceptors (Lipinski definition) is 4. The molecule has 1 saturated heterocycles. The van der Waals surface area contributed by atoms with Gasteiger partial charge in [0, 0.05) is 31.7 Å². The van der Waals surface area contributed by atoms with E-state index in [4.69, 9.17) is 0 Å². The Morgan fingerprint density at radius 1 is 1.64 bits per heavy atom. The molecule has 0 aromatic carbocycles. The predicted molar refractivity (Wildman–Crippen MR) is 59.4 cm³/mol. The fourth-order valence-corrected chi connectivity index (χ4v) is 2.17. The number of anilines is 1. The van der Waals surface area contributed by atoms with E-state index >= 15 is 0 Å². The molecule has 1 aliphatic heterocycles. The van der Waals surface area contributed by atoms with Gasteiger partial charge in [0.2, 0.25) is 0 Å². The van der Waals surface area contributed by atoms with Gasteiger partial charge in [-0.05, 0) is 23.0 Å². The van der Waals surface area contributed by atoms with E-state index in [0.717, 1.165) is 35.8 Å². The van der Waals surface area contributed by atoms with Gasteiger partial charge in [-0.1, -0.05) is 0 Å². The first-order chi connectivity index (χ1) is 6.81. The highest BCUT2D eigenvalue weighted by Gasteiger charge is 2.28. The molecule has 0 spiro atoms. The molecule has 0 bridgehead atoms. The molecule has 1 fully saturated rings. The largest absolute Gasteiger partial charge is 0.355 e. The van der Waals surface area contributed by atoms with E-state index in [-0.39, 0.29) is 0 Å². The highest BCUT2D eigenvalue weighted by atomic mass is 79.9. The van der Waals surface area contributed by atoms with Crippen LogP contribution in [0.3, 0.4) is 0 Å². The van der Waals surface area contributed by atoms with E-state index in [1.165, 1.54) is 0 Å². The van der Waals surface area contributed by atoms with Crippen molar-refractivity contribution in [2.45, 2.75) is 0 Å². The molecule has 1 N–H and O–H groups in total. The van der Waals surface area contributed by atoms with Gasteiger partial charge in [0.1, 0.15) is 12.1 Å². The van der Waals surface area contributed by atoms with Crippen LogP contribution in [-0.4, -0.2) is 36.6 Å². The summed E-state index contributed by atoms with van der Waals surface area (Å²) < 4.78 is 0.975. The third-order valence-corrected chi connectivity index (χ3v) is 2.96. The van der Waals surface area contributed by atoms with Gasteiger partial charge in [-0.15, -0.1) is 0 Å². The predicted octanol–water partition coefficient (Wildman–Crippen LogP) is 0.895. The van der Waals surface area contributed by atoms with Crippen molar-refractivity contribution in [3.05, 3.63) is 17.0 Å². The molecule has 0 aliphatic carbocycles. The summed E-state index contributed by atoms with van der Waals surface area (Å²) in [5.74, 6) is 1.76. The summed E-state index contributed by atoms with van der Waals surface area (Å²) >= 11 is 3.45. The topological polar surface area (TPSA) is 41.0 Å². The maximum absolute atomic E-state index is 4.24. The molecule has 0 amide bonds.